The summed E-state index contributed by atoms with van der Waals surface area (Å²) < 4.78 is 2.86. The molecule has 0 fully saturated rings. The van der Waals surface area contributed by atoms with Crippen LogP contribution >= 0.6 is 50.7 Å². The zero-order valence-electron chi connectivity index (χ0n) is 10.8. The SMILES string of the molecule is ClCCc1nc2c(Cl)cccc2n1-c1cccc(Cl)c1Br. The van der Waals surface area contributed by atoms with Gasteiger partial charge in [0.25, 0.3) is 0 Å². The fraction of sp³-hybridized carbons (Fsp3) is 0.133. The number of para-hydroxylation sites is 1. The molecule has 2 nitrogen and oxygen atoms in total. The number of aromatic nitrogens is 2. The van der Waals surface area contributed by atoms with Gasteiger partial charge in [0.2, 0.25) is 0 Å². The molecule has 0 amide bonds. The molecule has 0 radical (unpaired) electrons. The van der Waals surface area contributed by atoms with E-state index in [1.807, 2.05) is 41.0 Å². The van der Waals surface area contributed by atoms with E-state index >= 15 is 0 Å². The molecule has 0 unspecified atom stereocenters. The van der Waals surface area contributed by atoms with E-state index in [9.17, 15) is 0 Å². The van der Waals surface area contributed by atoms with Gasteiger partial charge in [-0.2, -0.15) is 0 Å². The molecule has 0 bridgehead atoms. The minimum Gasteiger partial charge on any atom is -0.295 e. The van der Waals surface area contributed by atoms with Crippen molar-refractivity contribution in [3.05, 3.63) is 56.7 Å². The second-order valence-electron chi connectivity index (χ2n) is 4.48. The molecule has 0 aliphatic heterocycles. The third-order valence-corrected chi connectivity index (χ3v) is 5.07. The Morgan fingerprint density at radius 3 is 2.52 bits per heavy atom. The molecule has 0 saturated carbocycles. The zero-order chi connectivity index (χ0) is 15.0. The first-order chi connectivity index (χ1) is 10.1. The van der Waals surface area contributed by atoms with Crippen molar-refractivity contribution < 1.29 is 0 Å². The van der Waals surface area contributed by atoms with Gasteiger partial charge in [-0.3, -0.25) is 4.57 Å². The van der Waals surface area contributed by atoms with Crippen LogP contribution in [0.4, 0.5) is 0 Å². The molecule has 0 N–H and O–H groups in total. The van der Waals surface area contributed by atoms with E-state index in [0.717, 1.165) is 27.0 Å². The first-order valence-corrected chi connectivity index (χ1v) is 8.38. The van der Waals surface area contributed by atoms with Gasteiger partial charge in [0.05, 0.1) is 25.7 Å². The van der Waals surface area contributed by atoms with Crippen LogP contribution in [0.3, 0.4) is 0 Å². The number of benzene rings is 2. The number of rotatable bonds is 3. The van der Waals surface area contributed by atoms with Crippen LogP contribution in [0.1, 0.15) is 5.82 Å². The predicted octanol–water partition coefficient (Wildman–Crippen LogP) is 5.88. The molecule has 1 aromatic heterocycles. The molecule has 0 atom stereocenters. The average Bonchev–Trinajstić information content (AvgIpc) is 2.82. The van der Waals surface area contributed by atoms with Crippen LogP contribution in [-0.4, -0.2) is 15.4 Å². The van der Waals surface area contributed by atoms with E-state index in [1.54, 1.807) is 0 Å². The van der Waals surface area contributed by atoms with Crippen LogP contribution in [0.2, 0.25) is 10.0 Å². The molecule has 6 heteroatoms. The van der Waals surface area contributed by atoms with Gasteiger partial charge in [-0.25, -0.2) is 4.98 Å². The number of imidazole rings is 1. The van der Waals surface area contributed by atoms with Crippen molar-refractivity contribution in [1.29, 1.82) is 0 Å². The minimum atomic E-state index is 0.485. The third-order valence-electron chi connectivity index (χ3n) is 3.20. The summed E-state index contributed by atoms with van der Waals surface area (Å²) >= 11 is 21.9. The minimum absolute atomic E-state index is 0.485. The second kappa shape index (κ2) is 6.17. The van der Waals surface area contributed by atoms with Crippen molar-refractivity contribution in [3.8, 4) is 5.69 Å². The maximum Gasteiger partial charge on any atom is 0.115 e. The van der Waals surface area contributed by atoms with Crippen molar-refractivity contribution >= 4 is 61.8 Å². The standard InChI is InChI=1S/C15H10BrCl3N2/c16-14-9(18)3-1-5-11(14)21-12-6-2-4-10(19)15(12)20-13(21)7-8-17/h1-6H,7-8H2. The number of halogens is 4. The van der Waals surface area contributed by atoms with Crippen LogP contribution in [0.5, 0.6) is 0 Å². The highest BCUT2D eigenvalue weighted by atomic mass is 79.9. The highest BCUT2D eigenvalue weighted by Gasteiger charge is 2.16. The molecule has 21 heavy (non-hydrogen) atoms. The van der Waals surface area contributed by atoms with Gasteiger partial charge in [-0.15, -0.1) is 11.6 Å². The fourth-order valence-corrected chi connectivity index (χ4v) is 3.29. The topological polar surface area (TPSA) is 17.8 Å². The van der Waals surface area contributed by atoms with Crippen LogP contribution in [0, 0.1) is 0 Å². The Morgan fingerprint density at radius 1 is 1.05 bits per heavy atom. The first-order valence-electron chi connectivity index (χ1n) is 6.29. The third kappa shape index (κ3) is 2.68. The Kier molecular flexibility index (Phi) is 4.46. The lowest BCUT2D eigenvalue weighted by molar-refractivity contribution is 0.909. The van der Waals surface area contributed by atoms with Gasteiger partial charge < -0.3 is 0 Å². The molecule has 3 rings (SSSR count). The molecule has 0 aliphatic carbocycles. The lowest BCUT2D eigenvalue weighted by Gasteiger charge is -2.11. The Hall–Kier alpha value is -0.740. The van der Waals surface area contributed by atoms with Gasteiger partial charge in [0.15, 0.2) is 0 Å². The summed E-state index contributed by atoms with van der Waals surface area (Å²) in [6.45, 7) is 0. The monoisotopic (exact) mass is 402 g/mol. The van der Waals surface area contributed by atoms with Crippen LogP contribution in [-0.2, 0) is 6.42 Å². The summed E-state index contributed by atoms with van der Waals surface area (Å²) in [5.74, 6) is 1.34. The van der Waals surface area contributed by atoms with Gasteiger partial charge in [-0.05, 0) is 40.2 Å². The number of aryl methyl sites for hydroxylation is 1. The Bertz CT molecular complexity index is 814. The smallest absolute Gasteiger partial charge is 0.115 e. The van der Waals surface area contributed by atoms with E-state index in [2.05, 4.69) is 20.9 Å². The molecule has 0 aliphatic rings. The van der Waals surface area contributed by atoms with E-state index in [0.29, 0.717) is 22.3 Å². The lowest BCUT2D eigenvalue weighted by Crippen LogP contribution is -2.03. The number of fused-ring (bicyclic) bond motifs is 1. The van der Waals surface area contributed by atoms with E-state index < -0.39 is 0 Å². The van der Waals surface area contributed by atoms with Crippen LogP contribution < -0.4 is 0 Å². The Labute approximate surface area is 145 Å². The average molecular weight is 405 g/mol. The van der Waals surface area contributed by atoms with E-state index in [1.165, 1.54) is 0 Å². The van der Waals surface area contributed by atoms with Crippen molar-refractivity contribution in [2.45, 2.75) is 6.42 Å². The predicted molar refractivity (Wildman–Crippen MR) is 93.2 cm³/mol. The molecular weight excluding hydrogens is 394 g/mol. The summed E-state index contributed by atoms with van der Waals surface area (Å²) in [6.07, 6.45) is 0.644. The van der Waals surface area contributed by atoms with Crippen molar-refractivity contribution in [3.63, 3.8) is 0 Å². The van der Waals surface area contributed by atoms with Crippen molar-refractivity contribution in [2.24, 2.45) is 0 Å². The van der Waals surface area contributed by atoms with Gasteiger partial charge in [-0.1, -0.05) is 35.3 Å². The fourth-order valence-electron chi connectivity index (χ4n) is 2.30. The lowest BCUT2D eigenvalue weighted by atomic mass is 10.2. The largest absolute Gasteiger partial charge is 0.295 e. The van der Waals surface area contributed by atoms with Gasteiger partial charge >= 0.3 is 0 Å². The normalized spacial score (nSPS) is 11.2. The van der Waals surface area contributed by atoms with E-state index in [4.69, 9.17) is 34.8 Å². The summed E-state index contributed by atoms with van der Waals surface area (Å²) in [7, 11) is 0. The first kappa shape index (κ1) is 15.2. The highest BCUT2D eigenvalue weighted by molar-refractivity contribution is 9.10. The maximum atomic E-state index is 6.25. The van der Waals surface area contributed by atoms with Gasteiger partial charge in [0.1, 0.15) is 11.3 Å². The number of nitrogens with zero attached hydrogens (tertiary/aromatic N) is 2. The Morgan fingerprint density at radius 2 is 1.76 bits per heavy atom. The van der Waals surface area contributed by atoms with Crippen LogP contribution in [0.15, 0.2) is 40.9 Å². The molecule has 1 heterocycles. The number of hydrogen-bond donors (Lipinski definition) is 0. The quantitative estimate of drug-likeness (QED) is 0.499. The summed E-state index contributed by atoms with van der Waals surface area (Å²) in [4.78, 5) is 4.63. The van der Waals surface area contributed by atoms with Crippen LogP contribution in [0.25, 0.3) is 16.7 Å². The zero-order valence-corrected chi connectivity index (χ0v) is 14.6. The summed E-state index contributed by atoms with van der Waals surface area (Å²) in [5, 5.41) is 1.27. The summed E-state index contributed by atoms with van der Waals surface area (Å²) in [5.41, 5.74) is 2.63. The van der Waals surface area contributed by atoms with Crippen molar-refractivity contribution in [2.75, 3.05) is 5.88 Å². The molecule has 0 spiro atoms. The molecular formula is C15H10BrCl3N2. The van der Waals surface area contributed by atoms with Gasteiger partial charge in [0, 0.05) is 12.3 Å². The molecule has 2 aromatic carbocycles. The van der Waals surface area contributed by atoms with Crippen molar-refractivity contribution in [1.82, 2.24) is 9.55 Å². The second-order valence-corrected chi connectivity index (χ2v) is 6.47. The summed E-state index contributed by atoms with van der Waals surface area (Å²) in [6, 6.07) is 11.4. The molecule has 0 saturated heterocycles. The molecule has 3 aromatic rings. The maximum absolute atomic E-state index is 6.25. The number of hydrogen-bond acceptors (Lipinski definition) is 1. The van der Waals surface area contributed by atoms with E-state index in [-0.39, 0.29) is 0 Å². The highest BCUT2D eigenvalue weighted by Crippen LogP contribution is 2.33. The Balaban J connectivity index is 2.37. The number of alkyl halides is 1. The molecule has 108 valence electrons.